The Labute approximate surface area is 294 Å². The fraction of sp³-hybridized carbons (Fsp3) is 0.184. The van der Waals surface area contributed by atoms with Crippen molar-refractivity contribution < 1.29 is 54.5 Å². The van der Waals surface area contributed by atoms with Crippen LogP contribution in [0, 0.1) is 6.42 Å². The van der Waals surface area contributed by atoms with Crippen LogP contribution in [0.25, 0.3) is 5.32 Å². The summed E-state index contributed by atoms with van der Waals surface area (Å²) in [7, 11) is -2.03. The van der Waals surface area contributed by atoms with Gasteiger partial charge in [-0.1, -0.05) is 85.8 Å². The molecule has 7 heteroatoms. The number of benzene rings is 5. The van der Waals surface area contributed by atoms with Crippen molar-refractivity contribution in [3.05, 3.63) is 161 Å². The molecule has 0 amide bonds. The predicted molar refractivity (Wildman–Crippen MR) is 179 cm³/mol. The first kappa shape index (κ1) is 38.5. The van der Waals surface area contributed by atoms with Crippen molar-refractivity contribution in [3.63, 3.8) is 0 Å². The van der Waals surface area contributed by atoms with Crippen LogP contribution in [0.4, 0.5) is 0 Å². The third-order valence-electron chi connectivity index (χ3n) is 7.84. The van der Waals surface area contributed by atoms with Gasteiger partial charge < -0.3 is 46.8 Å². The number of unbranched alkanes of at least 4 members (excludes halogenated alkanes) is 1. The zero-order valence-electron chi connectivity index (χ0n) is 25.7. The largest absolute Gasteiger partial charge is 2.00 e. The van der Waals surface area contributed by atoms with Gasteiger partial charge in [0.1, 0.15) is 34.7 Å². The summed E-state index contributed by atoms with van der Waals surface area (Å²) in [6.45, 7) is 3.26. The minimum atomic E-state index is -2.03. The fourth-order valence-electron chi connectivity index (χ4n) is 5.57. The average molecular weight is 709 g/mol. The monoisotopic (exact) mass is 706 g/mol. The number of aromatic hydroxyl groups is 2. The molecule has 5 aromatic rings. The Hall–Kier alpha value is -2.71. The van der Waals surface area contributed by atoms with Crippen LogP contribution < -0.4 is 40.7 Å². The van der Waals surface area contributed by atoms with E-state index in [0.717, 1.165) is 36.6 Å². The number of hydrogen-bond donors (Lipinski definition) is 2. The minimum Gasteiger partial charge on any atom is -1.00 e. The Kier molecular flexibility index (Phi) is 16.3. The molecule has 0 fully saturated rings. The van der Waals surface area contributed by atoms with Gasteiger partial charge in [0.2, 0.25) is 0 Å². The van der Waals surface area contributed by atoms with E-state index in [2.05, 4.69) is 123 Å². The van der Waals surface area contributed by atoms with Gasteiger partial charge >= 0.3 is 19.5 Å². The van der Waals surface area contributed by atoms with E-state index in [1.54, 1.807) is 6.07 Å². The molecule has 45 heavy (non-hydrogen) atoms. The molecule has 0 aliphatic rings. The average Bonchev–Trinajstić information content (AvgIpc) is 3.05. The zero-order valence-corrected chi connectivity index (χ0v) is 31.1. The van der Waals surface area contributed by atoms with Crippen LogP contribution in [-0.2, 0) is 45.0 Å². The number of rotatable bonds is 13. The van der Waals surface area contributed by atoms with Crippen LogP contribution >= 0.6 is 7.26 Å². The SMILES string of the molecule is CCc1ccc(O)c(C[CH-]CC[N-]Cc2cc(C[P+](c3ccccc3)(c3ccccc3)c3ccccc3)ccc2O)c1.[Cl-].[Cl-].[Zn+2]. The van der Waals surface area contributed by atoms with E-state index in [-0.39, 0.29) is 50.0 Å². The molecule has 0 saturated carbocycles. The Bertz CT molecular complexity index is 1480. The summed E-state index contributed by atoms with van der Waals surface area (Å²) >= 11 is 0. The topological polar surface area (TPSA) is 54.6 Å². The van der Waals surface area contributed by atoms with Gasteiger partial charge in [-0.05, 0) is 77.2 Å². The summed E-state index contributed by atoms with van der Waals surface area (Å²) in [4.78, 5) is 0. The molecule has 5 rings (SSSR count). The van der Waals surface area contributed by atoms with Crippen molar-refractivity contribution in [1.82, 2.24) is 0 Å². The standard InChI is InChI=1S/C38H39NO2P.2ClH.Zn/c1-2-30-21-23-37(40)32(26-30)14-12-13-25-39-28-33-27-31(22-24-38(33)41)29-42(34-15-6-3-7-16-34,35-17-8-4-9-18-35)36-19-10-5-11-20-36;;;/h3-12,15-24,26-27,40-41H,2,13-14,25,28-29H2,1H3;2*1H;/q-1;;;+2/p-2. The van der Waals surface area contributed by atoms with Crippen molar-refractivity contribution in [2.45, 2.75) is 38.9 Å². The quantitative estimate of drug-likeness (QED) is 0.0851. The third-order valence-corrected chi connectivity index (χ3v) is 12.2. The fourth-order valence-corrected chi connectivity index (χ4v) is 9.80. The Morgan fingerprint density at radius 1 is 0.622 bits per heavy atom. The first-order chi connectivity index (χ1) is 20.6. The van der Waals surface area contributed by atoms with Crippen LogP contribution in [0.1, 0.15) is 35.6 Å². The first-order valence-electron chi connectivity index (χ1n) is 14.7. The molecular weight excluding hydrogens is 670 g/mol. The molecule has 3 nitrogen and oxygen atoms in total. The second-order valence-corrected chi connectivity index (χ2v) is 14.1. The molecule has 0 unspecified atom stereocenters. The number of phenols is 2. The van der Waals surface area contributed by atoms with E-state index < -0.39 is 7.26 Å². The number of phenolic OH excluding ortho intramolecular Hbond substituents is 2. The van der Waals surface area contributed by atoms with Crippen molar-refractivity contribution in [2.75, 3.05) is 6.54 Å². The molecule has 0 saturated heterocycles. The Morgan fingerprint density at radius 3 is 1.60 bits per heavy atom. The van der Waals surface area contributed by atoms with Crippen molar-refractivity contribution in [1.29, 1.82) is 0 Å². The number of hydrogen-bond acceptors (Lipinski definition) is 2. The van der Waals surface area contributed by atoms with Gasteiger partial charge in [0.05, 0.1) is 6.16 Å². The second kappa shape index (κ2) is 19.1. The molecule has 0 spiro atoms. The van der Waals surface area contributed by atoms with Gasteiger partial charge in [-0.3, -0.25) is 0 Å². The third kappa shape index (κ3) is 9.65. The molecule has 230 valence electrons. The summed E-state index contributed by atoms with van der Waals surface area (Å²) in [5, 5.41) is 29.7. The molecule has 0 radical (unpaired) electrons. The summed E-state index contributed by atoms with van der Waals surface area (Å²) in [6, 6.07) is 44.5. The second-order valence-electron chi connectivity index (χ2n) is 10.6. The van der Waals surface area contributed by atoms with E-state index in [0.29, 0.717) is 18.8 Å². The van der Waals surface area contributed by atoms with Gasteiger partial charge in [-0.15, -0.1) is 13.0 Å². The molecular formula is C38H39Cl2NO2PZn-. The van der Waals surface area contributed by atoms with Crippen LogP contribution in [0.15, 0.2) is 127 Å². The zero-order chi connectivity index (χ0) is 29.2. The first-order valence-corrected chi connectivity index (χ1v) is 16.7. The molecule has 0 atom stereocenters. The van der Waals surface area contributed by atoms with Crippen molar-refractivity contribution in [2.24, 2.45) is 0 Å². The van der Waals surface area contributed by atoms with E-state index in [1.807, 2.05) is 12.1 Å². The smallest absolute Gasteiger partial charge is 1.00 e. The maximum atomic E-state index is 10.7. The molecule has 2 N–H and O–H groups in total. The van der Waals surface area contributed by atoms with E-state index in [1.165, 1.54) is 27.0 Å². The van der Waals surface area contributed by atoms with E-state index in [9.17, 15) is 10.2 Å². The molecule has 0 aliphatic carbocycles. The van der Waals surface area contributed by atoms with Gasteiger partial charge in [0.25, 0.3) is 0 Å². The van der Waals surface area contributed by atoms with Gasteiger partial charge in [-0.2, -0.15) is 13.0 Å². The molecule has 0 bridgehead atoms. The van der Waals surface area contributed by atoms with Crippen LogP contribution in [0.5, 0.6) is 11.5 Å². The van der Waals surface area contributed by atoms with Gasteiger partial charge in [0, 0.05) is 0 Å². The van der Waals surface area contributed by atoms with E-state index >= 15 is 0 Å². The summed E-state index contributed by atoms with van der Waals surface area (Å²) in [6.07, 6.45) is 5.52. The molecule has 0 aliphatic heterocycles. The predicted octanol–water partition coefficient (Wildman–Crippen LogP) is 1.87. The van der Waals surface area contributed by atoms with Crippen molar-refractivity contribution in [3.8, 4) is 11.5 Å². The number of nitrogens with zero attached hydrogens (tertiary/aromatic N) is 1. The van der Waals surface area contributed by atoms with Crippen LogP contribution in [0.3, 0.4) is 0 Å². The normalized spacial score (nSPS) is 10.7. The number of aryl methyl sites for hydroxylation is 1. The maximum Gasteiger partial charge on any atom is 2.00 e. The van der Waals surface area contributed by atoms with Crippen molar-refractivity contribution >= 4 is 23.2 Å². The maximum absolute atomic E-state index is 10.7. The number of halogens is 2. The Morgan fingerprint density at radius 2 is 1.09 bits per heavy atom. The molecule has 0 aromatic heterocycles. The summed E-state index contributed by atoms with van der Waals surface area (Å²) in [5.74, 6) is 0.637. The summed E-state index contributed by atoms with van der Waals surface area (Å²) < 4.78 is 0. The summed E-state index contributed by atoms with van der Waals surface area (Å²) in [5.41, 5.74) is 4.24. The van der Waals surface area contributed by atoms with Gasteiger partial charge in [-0.25, -0.2) is 0 Å². The molecule has 5 aromatic carbocycles. The van der Waals surface area contributed by atoms with Gasteiger partial charge in [0.15, 0.2) is 0 Å². The van der Waals surface area contributed by atoms with Crippen LogP contribution in [-0.4, -0.2) is 16.8 Å². The minimum absolute atomic E-state index is 0. The van der Waals surface area contributed by atoms with E-state index in [4.69, 9.17) is 5.32 Å². The Balaban J connectivity index is 0.00000235. The molecule has 0 heterocycles. The van der Waals surface area contributed by atoms with Crippen LogP contribution in [0.2, 0.25) is 0 Å².